The number of amides is 1. The lowest BCUT2D eigenvalue weighted by Crippen LogP contribution is -2.06. The van der Waals surface area contributed by atoms with E-state index in [1.54, 1.807) is 36.4 Å². The summed E-state index contributed by atoms with van der Waals surface area (Å²) in [5.41, 5.74) is 0.550. The number of hydrogen-bond donors (Lipinski definition) is 1. The van der Waals surface area contributed by atoms with Gasteiger partial charge in [0.2, 0.25) is 5.91 Å². The van der Waals surface area contributed by atoms with Gasteiger partial charge in [0.15, 0.2) is 5.75 Å². The van der Waals surface area contributed by atoms with Crippen molar-refractivity contribution >= 4 is 11.6 Å². The molecule has 0 unspecified atom stereocenters. The summed E-state index contributed by atoms with van der Waals surface area (Å²) < 4.78 is 18.6. The largest absolute Gasteiger partial charge is 0.455 e. The van der Waals surface area contributed by atoms with Crippen molar-refractivity contribution in [3.8, 4) is 11.5 Å². The molecule has 0 fully saturated rings. The molecule has 0 atom stereocenters. The molecule has 2 aromatic carbocycles. The van der Waals surface area contributed by atoms with Gasteiger partial charge in [-0.2, -0.15) is 0 Å². The van der Waals surface area contributed by atoms with E-state index < -0.39 is 0 Å². The molecule has 0 bridgehead atoms. The minimum Gasteiger partial charge on any atom is -0.455 e. The molecule has 1 N–H and O–H groups in total. The molecule has 1 amide bonds. The highest BCUT2D eigenvalue weighted by Gasteiger charge is 2.05. The molecule has 0 aromatic heterocycles. The fourth-order valence-corrected chi connectivity index (χ4v) is 1.51. The Morgan fingerprint density at radius 2 is 1.94 bits per heavy atom. The van der Waals surface area contributed by atoms with Crippen LogP contribution >= 0.6 is 0 Å². The van der Waals surface area contributed by atoms with Gasteiger partial charge in [-0.3, -0.25) is 4.79 Å². The Bertz CT molecular complexity index is 569. The summed E-state index contributed by atoms with van der Waals surface area (Å²) in [5.74, 6) is 0.293. The molecule has 0 aliphatic rings. The standard InChI is InChI=1S/C14H12FNO2/c1-10(17)16-13-7-2-3-8-14(13)18-12-6-4-5-11(15)9-12/h2-9H,1H3,(H,16,17). The van der Waals surface area contributed by atoms with E-state index in [0.717, 1.165) is 0 Å². The zero-order chi connectivity index (χ0) is 13.0. The first-order valence-electron chi connectivity index (χ1n) is 5.45. The van der Waals surface area contributed by atoms with Gasteiger partial charge in [0.05, 0.1) is 5.69 Å². The molecular weight excluding hydrogens is 233 g/mol. The Morgan fingerprint density at radius 1 is 1.17 bits per heavy atom. The fourth-order valence-electron chi connectivity index (χ4n) is 1.51. The summed E-state index contributed by atoms with van der Waals surface area (Å²) in [5, 5.41) is 2.65. The number of hydrogen-bond acceptors (Lipinski definition) is 2. The Morgan fingerprint density at radius 3 is 2.67 bits per heavy atom. The van der Waals surface area contributed by atoms with E-state index in [9.17, 15) is 9.18 Å². The molecule has 92 valence electrons. The normalized spacial score (nSPS) is 9.89. The van der Waals surface area contributed by atoms with Gasteiger partial charge in [-0.15, -0.1) is 0 Å². The number of nitrogens with one attached hydrogen (secondary N) is 1. The van der Waals surface area contributed by atoms with E-state index in [1.807, 2.05) is 0 Å². The first kappa shape index (κ1) is 12.1. The SMILES string of the molecule is CC(=O)Nc1ccccc1Oc1cccc(F)c1. The second-order valence-corrected chi connectivity index (χ2v) is 3.74. The summed E-state index contributed by atoms with van der Waals surface area (Å²) in [6.07, 6.45) is 0. The predicted octanol–water partition coefficient (Wildman–Crippen LogP) is 3.58. The first-order valence-corrected chi connectivity index (χ1v) is 5.45. The van der Waals surface area contributed by atoms with Gasteiger partial charge in [-0.05, 0) is 24.3 Å². The Balaban J connectivity index is 2.26. The van der Waals surface area contributed by atoms with E-state index in [-0.39, 0.29) is 11.7 Å². The summed E-state index contributed by atoms with van der Waals surface area (Å²) in [7, 11) is 0. The Hall–Kier alpha value is -2.36. The number of benzene rings is 2. The van der Waals surface area contributed by atoms with Crippen LogP contribution in [-0.4, -0.2) is 5.91 Å². The highest BCUT2D eigenvalue weighted by atomic mass is 19.1. The van der Waals surface area contributed by atoms with E-state index in [0.29, 0.717) is 17.2 Å². The highest BCUT2D eigenvalue weighted by molar-refractivity contribution is 5.90. The monoisotopic (exact) mass is 245 g/mol. The number of ether oxygens (including phenoxy) is 1. The zero-order valence-corrected chi connectivity index (χ0v) is 9.81. The van der Waals surface area contributed by atoms with Crippen molar-refractivity contribution < 1.29 is 13.9 Å². The van der Waals surface area contributed by atoms with E-state index in [1.165, 1.54) is 19.1 Å². The van der Waals surface area contributed by atoms with Crippen LogP contribution in [0, 0.1) is 5.82 Å². The van der Waals surface area contributed by atoms with Crippen LogP contribution in [0.1, 0.15) is 6.92 Å². The van der Waals surface area contributed by atoms with Gasteiger partial charge in [-0.25, -0.2) is 4.39 Å². The van der Waals surface area contributed by atoms with Gasteiger partial charge < -0.3 is 10.1 Å². The summed E-state index contributed by atoms with van der Waals surface area (Å²) >= 11 is 0. The molecule has 2 rings (SSSR count). The molecule has 0 aliphatic heterocycles. The molecule has 0 saturated carbocycles. The lowest BCUT2D eigenvalue weighted by Gasteiger charge is -2.11. The first-order chi connectivity index (χ1) is 8.65. The molecule has 0 saturated heterocycles. The quantitative estimate of drug-likeness (QED) is 0.897. The van der Waals surface area contributed by atoms with Crippen molar-refractivity contribution in [3.05, 3.63) is 54.3 Å². The molecule has 2 aromatic rings. The van der Waals surface area contributed by atoms with Crippen molar-refractivity contribution in [1.82, 2.24) is 0 Å². The number of carbonyl (C=O) groups excluding carboxylic acids is 1. The van der Waals surface area contributed by atoms with Crippen LogP contribution in [0.2, 0.25) is 0 Å². The topological polar surface area (TPSA) is 38.3 Å². The third-order valence-electron chi connectivity index (χ3n) is 2.22. The molecule has 0 radical (unpaired) electrons. The minimum atomic E-state index is -0.371. The van der Waals surface area contributed by atoms with Gasteiger partial charge in [0, 0.05) is 13.0 Å². The van der Waals surface area contributed by atoms with E-state index in [2.05, 4.69) is 5.32 Å². The molecule has 0 spiro atoms. The van der Waals surface area contributed by atoms with E-state index >= 15 is 0 Å². The maximum Gasteiger partial charge on any atom is 0.221 e. The lowest BCUT2D eigenvalue weighted by molar-refractivity contribution is -0.114. The average Bonchev–Trinajstić information content (AvgIpc) is 2.31. The van der Waals surface area contributed by atoms with Crippen molar-refractivity contribution in [2.75, 3.05) is 5.32 Å². The van der Waals surface area contributed by atoms with Crippen LogP contribution in [0.25, 0.3) is 0 Å². The second-order valence-electron chi connectivity index (χ2n) is 3.74. The second kappa shape index (κ2) is 5.31. The maximum atomic E-state index is 13.0. The third kappa shape index (κ3) is 3.07. The van der Waals surface area contributed by atoms with Crippen molar-refractivity contribution in [2.24, 2.45) is 0 Å². The number of carbonyl (C=O) groups is 1. The summed E-state index contributed by atoms with van der Waals surface area (Å²) in [6.45, 7) is 1.42. The Kier molecular flexibility index (Phi) is 3.57. The van der Waals surface area contributed by atoms with Gasteiger partial charge in [0.1, 0.15) is 11.6 Å². The molecule has 0 heterocycles. The van der Waals surface area contributed by atoms with Crippen molar-refractivity contribution in [1.29, 1.82) is 0 Å². The van der Waals surface area contributed by atoms with Crippen LogP contribution in [0.15, 0.2) is 48.5 Å². The Labute approximate surface area is 104 Å². The van der Waals surface area contributed by atoms with Crippen molar-refractivity contribution in [3.63, 3.8) is 0 Å². The highest BCUT2D eigenvalue weighted by Crippen LogP contribution is 2.29. The van der Waals surface area contributed by atoms with Crippen molar-refractivity contribution in [2.45, 2.75) is 6.92 Å². The predicted molar refractivity (Wildman–Crippen MR) is 67.2 cm³/mol. The molecule has 4 heteroatoms. The maximum absolute atomic E-state index is 13.0. The van der Waals surface area contributed by atoms with Crippen LogP contribution in [0.4, 0.5) is 10.1 Å². The van der Waals surface area contributed by atoms with Crippen LogP contribution in [0.3, 0.4) is 0 Å². The molecule has 0 aliphatic carbocycles. The third-order valence-corrected chi connectivity index (χ3v) is 2.22. The van der Waals surface area contributed by atoms with Crippen LogP contribution in [-0.2, 0) is 4.79 Å². The van der Waals surface area contributed by atoms with E-state index in [4.69, 9.17) is 4.74 Å². The smallest absolute Gasteiger partial charge is 0.221 e. The van der Waals surface area contributed by atoms with Crippen LogP contribution < -0.4 is 10.1 Å². The number of para-hydroxylation sites is 2. The number of anilines is 1. The average molecular weight is 245 g/mol. The van der Waals surface area contributed by atoms with Gasteiger partial charge in [-0.1, -0.05) is 18.2 Å². The van der Waals surface area contributed by atoms with Gasteiger partial charge >= 0.3 is 0 Å². The number of rotatable bonds is 3. The van der Waals surface area contributed by atoms with Crippen LogP contribution in [0.5, 0.6) is 11.5 Å². The molecule has 3 nitrogen and oxygen atoms in total. The summed E-state index contributed by atoms with van der Waals surface area (Å²) in [6, 6.07) is 12.8. The summed E-state index contributed by atoms with van der Waals surface area (Å²) in [4.78, 5) is 11.0. The molecule has 18 heavy (non-hydrogen) atoms. The van der Waals surface area contributed by atoms with Gasteiger partial charge in [0.25, 0.3) is 0 Å². The molecular formula is C14H12FNO2. The lowest BCUT2D eigenvalue weighted by atomic mass is 10.3. The number of halogens is 1. The minimum absolute atomic E-state index is 0.190. The zero-order valence-electron chi connectivity index (χ0n) is 9.81. The fraction of sp³-hybridized carbons (Fsp3) is 0.0714.